The fraction of sp³-hybridized carbons (Fsp3) is 0.406. The monoisotopic (exact) mass is 558 g/mol. The highest BCUT2D eigenvalue weighted by Gasteiger charge is 2.42. The van der Waals surface area contributed by atoms with Crippen LogP contribution in [0.4, 0.5) is 5.82 Å². The molecule has 5 rings (SSSR count). The van der Waals surface area contributed by atoms with Gasteiger partial charge >= 0.3 is 0 Å². The third-order valence-corrected chi connectivity index (χ3v) is 8.24. The van der Waals surface area contributed by atoms with E-state index >= 15 is 0 Å². The molecule has 2 aromatic carbocycles. The third-order valence-electron chi connectivity index (χ3n) is 8.24. The summed E-state index contributed by atoms with van der Waals surface area (Å²) in [5.41, 5.74) is 3.08. The van der Waals surface area contributed by atoms with Crippen molar-refractivity contribution in [2.75, 3.05) is 32.8 Å². The lowest BCUT2D eigenvalue weighted by molar-refractivity contribution is 0.0924. The summed E-state index contributed by atoms with van der Waals surface area (Å²) in [6.45, 7) is 2.41. The Bertz CT molecular complexity index is 1380. The number of piperidine rings is 1. The molecule has 3 heterocycles. The predicted octanol–water partition coefficient (Wildman–Crippen LogP) is 4.32. The van der Waals surface area contributed by atoms with Gasteiger partial charge in [-0.15, -0.1) is 0 Å². The maximum absolute atomic E-state index is 13.1. The van der Waals surface area contributed by atoms with Gasteiger partial charge in [-0.1, -0.05) is 12.1 Å². The van der Waals surface area contributed by atoms with Crippen LogP contribution in [0.15, 0.2) is 54.7 Å². The first-order valence-electron chi connectivity index (χ1n) is 14.1. The van der Waals surface area contributed by atoms with Crippen molar-refractivity contribution in [3.05, 3.63) is 77.0 Å². The molecule has 1 unspecified atom stereocenters. The van der Waals surface area contributed by atoms with E-state index in [1.807, 2.05) is 55.5 Å². The number of hydrogen-bond acceptors (Lipinski definition) is 7. The zero-order valence-corrected chi connectivity index (χ0v) is 24.1. The molecule has 3 atom stereocenters. The number of aromatic nitrogens is 1. The lowest BCUT2D eigenvalue weighted by atomic mass is 9.96. The molecule has 0 saturated carbocycles. The molecule has 2 N–H and O–H groups in total. The van der Waals surface area contributed by atoms with Gasteiger partial charge in [0.25, 0.3) is 11.8 Å². The Labute approximate surface area is 241 Å². The van der Waals surface area contributed by atoms with E-state index < -0.39 is 0 Å². The van der Waals surface area contributed by atoms with Gasteiger partial charge in [0.1, 0.15) is 11.6 Å². The number of benzene rings is 2. The number of amides is 2. The summed E-state index contributed by atoms with van der Waals surface area (Å²) in [4.78, 5) is 32.9. The van der Waals surface area contributed by atoms with E-state index in [9.17, 15) is 9.59 Å². The van der Waals surface area contributed by atoms with E-state index in [1.165, 1.54) is 0 Å². The fourth-order valence-electron chi connectivity index (χ4n) is 6.15. The molecule has 2 bridgehead atoms. The minimum absolute atomic E-state index is 0.0566. The Morgan fingerprint density at radius 2 is 1.63 bits per heavy atom. The third kappa shape index (κ3) is 6.09. The summed E-state index contributed by atoms with van der Waals surface area (Å²) >= 11 is 0. The summed E-state index contributed by atoms with van der Waals surface area (Å²) in [7, 11) is 4.83. The van der Waals surface area contributed by atoms with E-state index in [-0.39, 0.29) is 17.9 Å². The zero-order chi connectivity index (χ0) is 28.9. The van der Waals surface area contributed by atoms with Crippen molar-refractivity contribution in [3.8, 4) is 17.2 Å². The van der Waals surface area contributed by atoms with Crippen LogP contribution in [-0.4, -0.2) is 62.8 Å². The van der Waals surface area contributed by atoms with E-state index in [4.69, 9.17) is 14.2 Å². The number of anilines is 1. The van der Waals surface area contributed by atoms with E-state index in [0.717, 1.165) is 42.6 Å². The number of ether oxygens (including phenoxy) is 3. The average molecular weight is 559 g/mol. The van der Waals surface area contributed by atoms with Crippen LogP contribution in [0.1, 0.15) is 57.5 Å². The molecule has 0 spiro atoms. The van der Waals surface area contributed by atoms with Gasteiger partial charge in [0.15, 0.2) is 11.5 Å². The summed E-state index contributed by atoms with van der Waals surface area (Å²) in [6.07, 6.45) is 6.19. The fourth-order valence-corrected chi connectivity index (χ4v) is 6.15. The van der Waals surface area contributed by atoms with Crippen molar-refractivity contribution in [1.82, 2.24) is 15.6 Å². The number of methoxy groups -OCH3 is 3. The van der Waals surface area contributed by atoms with Crippen molar-refractivity contribution >= 4 is 17.6 Å². The molecule has 9 heteroatoms. The molecule has 0 aliphatic carbocycles. The molecule has 2 aliphatic rings. The minimum atomic E-state index is -0.151. The van der Waals surface area contributed by atoms with Crippen molar-refractivity contribution in [1.29, 1.82) is 0 Å². The van der Waals surface area contributed by atoms with Crippen LogP contribution in [0.25, 0.3) is 0 Å². The van der Waals surface area contributed by atoms with Gasteiger partial charge in [-0.2, -0.15) is 0 Å². The van der Waals surface area contributed by atoms with Crippen LogP contribution in [0.2, 0.25) is 0 Å². The van der Waals surface area contributed by atoms with Crippen LogP contribution >= 0.6 is 0 Å². The first-order chi connectivity index (χ1) is 19.9. The average Bonchev–Trinajstić information content (AvgIpc) is 3.26. The first-order valence-corrected chi connectivity index (χ1v) is 14.1. The van der Waals surface area contributed by atoms with Crippen molar-refractivity contribution in [2.45, 2.75) is 57.2 Å². The number of pyridine rings is 1. The summed E-state index contributed by atoms with van der Waals surface area (Å²) in [5, 5.41) is 6.24. The molecule has 2 saturated heterocycles. The number of carbonyl (C=O) groups excluding carboxylic acids is 2. The number of carbonyl (C=O) groups is 2. The van der Waals surface area contributed by atoms with Crippen LogP contribution in [-0.2, 0) is 6.42 Å². The second kappa shape index (κ2) is 12.5. The largest absolute Gasteiger partial charge is 0.496 e. The van der Waals surface area contributed by atoms with Gasteiger partial charge in [0.2, 0.25) is 0 Å². The van der Waals surface area contributed by atoms with Gasteiger partial charge in [0.05, 0.1) is 26.9 Å². The summed E-state index contributed by atoms with van der Waals surface area (Å²) in [6, 6.07) is 15.8. The lowest BCUT2D eigenvalue weighted by Crippen LogP contribution is -2.50. The van der Waals surface area contributed by atoms with Crippen LogP contribution in [0.5, 0.6) is 17.2 Å². The van der Waals surface area contributed by atoms with Crippen LogP contribution in [0.3, 0.4) is 0 Å². The first kappa shape index (κ1) is 28.3. The van der Waals surface area contributed by atoms with Crippen LogP contribution < -0.4 is 29.7 Å². The van der Waals surface area contributed by atoms with Crippen molar-refractivity contribution in [2.24, 2.45) is 0 Å². The normalized spacial score (nSPS) is 19.4. The molecular formula is C32H38N4O5. The van der Waals surface area contributed by atoms with E-state index in [0.29, 0.717) is 53.4 Å². The molecule has 216 valence electrons. The second-order valence-electron chi connectivity index (χ2n) is 10.7. The van der Waals surface area contributed by atoms with E-state index in [1.54, 1.807) is 27.5 Å². The summed E-state index contributed by atoms with van der Waals surface area (Å²) < 4.78 is 16.0. The van der Waals surface area contributed by atoms with E-state index in [2.05, 4.69) is 20.5 Å². The maximum Gasteiger partial charge on any atom is 0.252 e. The highest BCUT2D eigenvalue weighted by molar-refractivity contribution is 5.96. The van der Waals surface area contributed by atoms with Crippen molar-refractivity contribution in [3.63, 3.8) is 0 Å². The van der Waals surface area contributed by atoms with Crippen molar-refractivity contribution < 1.29 is 23.8 Å². The topological polar surface area (TPSA) is 102 Å². The van der Waals surface area contributed by atoms with Gasteiger partial charge in [-0.05, 0) is 81.0 Å². The van der Waals surface area contributed by atoms with Gasteiger partial charge in [0, 0.05) is 42.0 Å². The Morgan fingerprint density at radius 3 is 2.29 bits per heavy atom. The molecule has 9 nitrogen and oxygen atoms in total. The molecule has 2 amide bonds. The maximum atomic E-state index is 13.1. The lowest BCUT2D eigenvalue weighted by Gasteiger charge is -2.40. The Morgan fingerprint density at radius 1 is 0.902 bits per heavy atom. The Hall–Kier alpha value is -4.27. The molecule has 0 radical (unpaired) electrons. The van der Waals surface area contributed by atoms with Crippen LogP contribution in [0, 0.1) is 6.92 Å². The smallest absolute Gasteiger partial charge is 0.252 e. The highest BCUT2D eigenvalue weighted by Crippen LogP contribution is 2.38. The minimum Gasteiger partial charge on any atom is -0.496 e. The Balaban J connectivity index is 1.15. The molecule has 2 fully saturated rings. The summed E-state index contributed by atoms with van der Waals surface area (Å²) in [5.74, 6) is 2.74. The molecule has 1 aromatic heterocycles. The number of rotatable bonds is 10. The van der Waals surface area contributed by atoms with Gasteiger partial charge in [-0.25, -0.2) is 4.98 Å². The molecule has 3 aromatic rings. The quantitative estimate of drug-likeness (QED) is 0.382. The zero-order valence-electron chi connectivity index (χ0n) is 24.1. The molecular weight excluding hydrogens is 520 g/mol. The van der Waals surface area contributed by atoms with Gasteiger partial charge < -0.3 is 29.7 Å². The number of fused-ring (bicyclic) bond motifs is 2. The second-order valence-corrected chi connectivity index (χ2v) is 10.7. The number of nitrogens with zero attached hydrogens (tertiary/aromatic N) is 2. The SMILES string of the molecule is COc1ccc(CCNC(=O)c2ccc(N3[C@@H]4CC[C@H]3CC(NC(=O)c3cccc(OC)c3C)C4)nc2)cc1OC. The highest BCUT2D eigenvalue weighted by atomic mass is 16.5. The standard InChI is InChI=1S/C32H38N4O5/c1-20-26(6-5-7-27(20)39-2)32(38)35-23-17-24-10-11-25(18-23)36(24)30-13-9-22(19-34-30)31(37)33-15-14-21-8-12-28(40-3)29(16-21)41-4/h5-9,12-13,16,19,23-25H,10-11,14-15,17-18H2,1-4H3,(H,33,37)(H,35,38)/t23?,24-,25+. The predicted molar refractivity (Wildman–Crippen MR) is 157 cm³/mol. The Kier molecular flexibility index (Phi) is 8.61. The number of hydrogen-bond donors (Lipinski definition) is 2. The molecule has 2 aliphatic heterocycles. The molecule has 41 heavy (non-hydrogen) atoms. The number of nitrogens with one attached hydrogen (secondary N) is 2. The van der Waals surface area contributed by atoms with Gasteiger partial charge in [-0.3, -0.25) is 9.59 Å².